The van der Waals surface area contributed by atoms with Gasteiger partial charge in [0, 0.05) is 25.6 Å². The average molecular weight is 336 g/mol. The minimum atomic E-state index is -3.37. The summed E-state index contributed by atoms with van der Waals surface area (Å²) in [6.07, 6.45) is 3.94. The van der Waals surface area contributed by atoms with Gasteiger partial charge in [0.15, 0.2) is 0 Å². The van der Waals surface area contributed by atoms with Crippen LogP contribution in [0.5, 0.6) is 0 Å². The minimum Gasteiger partial charge on any atom is -0.352 e. The zero-order chi connectivity index (χ0) is 16.4. The van der Waals surface area contributed by atoms with Crippen LogP contribution in [0.2, 0.25) is 0 Å². The highest BCUT2D eigenvalue weighted by molar-refractivity contribution is 7.89. The van der Waals surface area contributed by atoms with Gasteiger partial charge in [0.25, 0.3) is 0 Å². The molecule has 1 aliphatic carbocycles. The van der Waals surface area contributed by atoms with Gasteiger partial charge in [-0.15, -0.1) is 0 Å². The molecule has 1 aromatic rings. The van der Waals surface area contributed by atoms with E-state index in [1.165, 1.54) is 0 Å². The van der Waals surface area contributed by atoms with Gasteiger partial charge in [0.05, 0.1) is 4.90 Å². The van der Waals surface area contributed by atoms with Crippen LogP contribution in [0.25, 0.3) is 0 Å². The molecule has 1 saturated carbocycles. The summed E-state index contributed by atoms with van der Waals surface area (Å²) in [5.41, 5.74) is 0.921. The topological polar surface area (TPSA) is 66.5 Å². The number of nitrogens with one attached hydrogen (secondary N) is 1. The van der Waals surface area contributed by atoms with E-state index in [1.807, 2.05) is 0 Å². The first-order valence-electron chi connectivity index (χ1n) is 8.35. The predicted octanol–water partition coefficient (Wildman–Crippen LogP) is 2.13. The van der Waals surface area contributed by atoms with Crippen LogP contribution >= 0.6 is 0 Å². The Hall–Kier alpha value is -1.40. The number of amides is 1. The van der Waals surface area contributed by atoms with E-state index in [9.17, 15) is 13.2 Å². The van der Waals surface area contributed by atoms with Crippen LogP contribution in [0, 0.1) is 11.8 Å². The summed E-state index contributed by atoms with van der Waals surface area (Å²) >= 11 is 0. The summed E-state index contributed by atoms with van der Waals surface area (Å²) in [5, 5.41) is 2.91. The third kappa shape index (κ3) is 3.75. The predicted molar refractivity (Wildman–Crippen MR) is 88.2 cm³/mol. The Bertz CT molecular complexity index is 664. The zero-order valence-electron chi connectivity index (χ0n) is 13.5. The van der Waals surface area contributed by atoms with Gasteiger partial charge in [-0.2, -0.15) is 4.31 Å². The van der Waals surface area contributed by atoms with Crippen molar-refractivity contribution >= 4 is 15.9 Å². The zero-order valence-corrected chi connectivity index (χ0v) is 14.3. The molecule has 0 radical (unpaired) electrons. The molecule has 2 atom stereocenters. The fourth-order valence-corrected chi connectivity index (χ4v) is 4.56. The second-order valence-electron chi connectivity index (χ2n) is 6.65. The third-order valence-corrected chi connectivity index (χ3v) is 6.70. The van der Waals surface area contributed by atoms with Gasteiger partial charge in [0.1, 0.15) is 0 Å². The van der Waals surface area contributed by atoms with Gasteiger partial charge in [-0.05, 0) is 42.9 Å². The van der Waals surface area contributed by atoms with Crippen molar-refractivity contribution in [3.8, 4) is 0 Å². The van der Waals surface area contributed by atoms with Crippen LogP contribution in [0.3, 0.4) is 0 Å². The monoisotopic (exact) mass is 336 g/mol. The summed E-state index contributed by atoms with van der Waals surface area (Å²) in [5.74, 6) is 0.753. The molecule has 5 nitrogen and oxygen atoms in total. The Morgan fingerprint density at radius 2 is 1.78 bits per heavy atom. The molecule has 126 valence electrons. The lowest BCUT2D eigenvalue weighted by molar-refractivity contribution is -0.122. The molecule has 0 spiro atoms. The lowest BCUT2D eigenvalue weighted by Gasteiger charge is -2.25. The maximum Gasteiger partial charge on any atom is 0.243 e. The Labute approximate surface area is 138 Å². The van der Waals surface area contributed by atoms with Gasteiger partial charge in [-0.3, -0.25) is 4.79 Å². The van der Waals surface area contributed by atoms with Crippen molar-refractivity contribution < 1.29 is 13.2 Å². The normalized spacial score (nSPS) is 25.1. The number of nitrogens with zero attached hydrogens (tertiary/aromatic N) is 1. The molecule has 0 aromatic heterocycles. The summed E-state index contributed by atoms with van der Waals surface area (Å²) in [7, 11) is -3.37. The molecule has 0 bridgehead atoms. The van der Waals surface area contributed by atoms with E-state index >= 15 is 0 Å². The standard InChI is InChI=1S/C17H24N2O3S/c1-13-11-16(13)17(20)18-12-14-5-7-15(8-6-14)23(21,22)19-9-3-2-4-10-19/h5-8,13,16H,2-4,9-12H2,1H3,(H,18,20). The third-order valence-electron chi connectivity index (χ3n) is 4.79. The molecular formula is C17H24N2O3S. The number of hydrogen-bond acceptors (Lipinski definition) is 3. The highest BCUT2D eigenvalue weighted by Gasteiger charge is 2.38. The van der Waals surface area contributed by atoms with Gasteiger partial charge >= 0.3 is 0 Å². The number of rotatable bonds is 5. The molecule has 1 aromatic carbocycles. The van der Waals surface area contributed by atoms with Gasteiger partial charge in [-0.25, -0.2) is 8.42 Å². The summed E-state index contributed by atoms with van der Waals surface area (Å²) < 4.78 is 26.7. The van der Waals surface area contributed by atoms with Crippen molar-refractivity contribution in [1.29, 1.82) is 0 Å². The van der Waals surface area contributed by atoms with Crippen LogP contribution in [0.15, 0.2) is 29.2 Å². The molecule has 2 unspecified atom stereocenters. The summed E-state index contributed by atoms with van der Waals surface area (Å²) in [6.45, 7) is 3.75. The van der Waals surface area contributed by atoms with Crippen molar-refractivity contribution in [1.82, 2.24) is 9.62 Å². The first kappa shape index (κ1) is 16.5. The van der Waals surface area contributed by atoms with Crippen molar-refractivity contribution in [2.45, 2.75) is 44.0 Å². The molecule has 2 aliphatic rings. The largest absolute Gasteiger partial charge is 0.352 e. The summed E-state index contributed by atoms with van der Waals surface area (Å²) in [4.78, 5) is 12.1. The second-order valence-corrected chi connectivity index (χ2v) is 8.58. The van der Waals surface area contributed by atoms with E-state index in [0.717, 1.165) is 31.2 Å². The second kappa shape index (κ2) is 6.61. The highest BCUT2D eigenvalue weighted by atomic mass is 32.2. The Morgan fingerprint density at radius 1 is 1.17 bits per heavy atom. The van der Waals surface area contributed by atoms with E-state index in [4.69, 9.17) is 0 Å². The first-order chi connectivity index (χ1) is 11.0. The van der Waals surface area contributed by atoms with Crippen LogP contribution in [0.4, 0.5) is 0 Å². The number of benzene rings is 1. The van der Waals surface area contributed by atoms with Crippen LogP contribution in [-0.2, 0) is 21.4 Å². The minimum absolute atomic E-state index is 0.0996. The number of carbonyl (C=O) groups is 1. The van der Waals surface area contributed by atoms with Gasteiger partial charge in [-0.1, -0.05) is 25.5 Å². The van der Waals surface area contributed by atoms with E-state index in [-0.39, 0.29) is 11.8 Å². The van der Waals surface area contributed by atoms with E-state index in [2.05, 4.69) is 12.2 Å². The molecule has 1 saturated heterocycles. The van der Waals surface area contributed by atoms with Crippen LogP contribution in [0.1, 0.15) is 38.2 Å². The molecule has 23 heavy (non-hydrogen) atoms. The quantitative estimate of drug-likeness (QED) is 0.896. The lowest BCUT2D eigenvalue weighted by Crippen LogP contribution is -2.35. The Kier molecular flexibility index (Phi) is 4.73. The van der Waals surface area contributed by atoms with E-state index in [1.54, 1.807) is 28.6 Å². The van der Waals surface area contributed by atoms with Crippen molar-refractivity contribution in [2.75, 3.05) is 13.1 Å². The smallest absolute Gasteiger partial charge is 0.243 e. The number of carbonyl (C=O) groups excluding carboxylic acids is 1. The van der Waals surface area contributed by atoms with Gasteiger partial charge in [0.2, 0.25) is 15.9 Å². The van der Waals surface area contributed by atoms with Crippen molar-refractivity contribution in [3.63, 3.8) is 0 Å². The molecule has 1 heterocycles. The van der Waals surface area contributed by atoms with E-state index in [0.29, 0.717) is 30.4 Å². The fraction of sp³-hybridized carbons (Fsp3) is 0.588. The molecule has 1 aliphatic heterocycles. The fourth-order valence-electron chi connectivity index (χ4n) is 3.04. The van der Waals surface area contributed by atoms with Crippen molar-refractivity contribution in [2.24, 2.45) is 11.8 Å². The molecule has 1 N–H and O–H groups in total. The SMILES string of the molecule is CC1CC1C(=O)NCc1ccc(S(=O)(=O)N2CCCCC2)cc1. The number of sulfonamides is 1. The molecular weight excluding hydrogens is 312 g/mol. The van der Waals surface area contributed by atoms with Crippen LogP contribution < -0.4 is 5.32 Å². The molecule has 2 fully saturated rings. The Balaban J connectivity index is 1.61. The molecule has 3 rings (SSSR count). The number of piperidine rings is 1. The maximum atomic E-state index is 12.6. The Morgan fingerprint density at radius 3 is 2.35 bits per heavy atom. The van der Waals surface area contributed by atoms with Crippen molar-refractivity contribution in [3.05, 3.63) is 29.8 Å². The average Bonchev–Trinajstić information content (AvgIpc) is 3.31. The maximum absolute atomic E-state index is 12.6. The first-order valence-corrected chi connectivity index (χ1v) is 9.79. The lowest BCUT2D eigenvalue weighted by atomic mass is 10.2. The molecule has 6 heteroatoms. The summed E-state index contributed by atoms with van der Waals surface area (Å²) in [6, 6.07) is 6.86. The van der Waals surface area contributed by atoms with E-state index < -0.39 is 10.0 Å². The highest BCUT2D eigenvalue weighted by Crippen LogP contribution is 2.37. The van der Waals surface area contributed by atoms with Crippen LogP contribution in [-0.4, -0.2) is 31.7 Å². The van der Waals surface area contributed by atoms with Gasteiger partial charge < -0.3 is 5.32 Å². The molecule has 1 amide bonds. The number of hydrogen-bond donors (Lipinski definition) is 1.